The fourth-order valence-corrected chi connectivity index (χ4v) is 6.66. The zero-order valence-corrected chi connectivity index (χ0v) is 21.7. The van der Waals surface area contributed by atoms with Gasteiger partial charge in [0.15, 0.2) is 0 Å². The first-order chi connectivity index (χ1) is 17.7. The van der Waals surface area contributed by atoms with Gasteiger partial charge in [0.2, 0.25) is 0 Å². The van der Waals surface area contributed by atoms with Crippen LogP contribution in [0.25, 0.3) is 0 Å². The maximum absolute atomic E-state index is 14.1. The minimum Gasteiger partial charge on any atom is -0.320 e. The molecule has 9 heteroatoms. The number of nitrogens with zero attached hydrogens (tertiary/aromatic N) is 4. The summed E-state index contributed by atoms with van der Waals surface area (Å²) in [5.74, 6) is 0.581. The Hall–Kier alpha value is -2.84. The van der Waals surface area contributed by atoms with E-state index in [-0.39, 0.29) is 28.9 Å². The predicted octanol–water partition coefficient (Wildman–Crippen LogP) is 5.63. The lowest BCUT2D eigenvalue weighted by atomic mass is 9.63. The molecular formula is C28H30ClF2N5O. The molecule has 2 heterocycles. The molecule has 0 radical (unpaired) electrons. The number of alkyl halides is 3. The van der Waals surface area contributed by atoms with Gasteiger partial charge in [0.1, 0.15) is 12.2 Å². The molecule has 1 aliphatic heterocycles. The molecule has 0 unspecified atom stereocenters. The van der Waals surface area contributed by atoms with E-state index in [0.29, 0.717) is 36.2 Å². The van der Waals surface area contributed by atoms with E-state index in [4.69, 9.17) is 11.6 Å². The monoisotopic (exact) mass is 525 g/mol. The van der Waals surface area contributed by atoms with Gasteiger partial charge in [0, 0.05) is 41.3 Å². The number of anilines is 1. The SMILES string of the molecule is Cn1cnnc1[C@]1(c2cccc(N3Cc4c(cc(CNC5(C)CCC5)cc4C(F)F)C3=O)c2)C[C@@H](Cl)C1. The first-order valence-corrected chi connectivity index (χ1v) is 13.2. The van der Waals surface area contributed by atoms with Crippen LogP contribution in [0.1, 0.15) is 83.9 Å². The topological polar surface area (TPSA) is 63.1 Å². The van der Waals surface area contributed by atoms with Gasteiger partial charge in [0.05, 0.1) is 12.0 Å². The Bertz CT molecular complexity index is 1360. The number of nitrogens with one attached hydrogen (secondary N) is 1. The Morgan fingerprint density at radius 1 is 1.22 bits per heavy atom. The van der Waals surface area contributed by atoms with Crippen molar-refractivity contribution in [3.8, 4) is 0 Å². The van der Waals surface area contributed by atoms with Crippen LogP contribution in [0.2, 0.25) is 0 Å². The lowest BCUT2D eigenvalue weighted by Crippen LogP contribution is -2.47. The van der Waals surface area contributed by atoms with Gasteiger partial charge >= 0.3 is 0 Å². The summed E-state index contributed by atoms with van der Waals surface area (Å²) < 4.78 is 30.2. The van der Waals surface area contributed by atoms with Crippen molar-refractivity contribution in [2.75, 3.05) is 4.90 Å². The highest BCUT2D eigenvalue weighted by molar-refractivity contribution is 6.21. The van der Waals surface area contributed by atoms with Crippen LogP contribution in [0, 0.1) is 0 Å². The van der Waals surface area contributed by atoms with Crippen LogP contribution >= 0.6 is 11.6 Å². The molecule has 0 bridgehead atoms. The minimum atomic E-state index is -2.65. The van der Waals surface area contributed by atoms with Gasteiger partial charge in [-0.25, -0.2) is 8.78 Å². The van der Waals surface area contributed by atoms with Gasteiger partial charge in [-0.05, 0) is 80.0 Å². The Morgan fingerprint density at radius 2 is 2.00 bits per heavy atom. The van der Waals surface area contributed by atoms with Crippen molar-refractivity contribution < 1.29 is 13.6 Å². The maximum Gasteiger partial charge on any atom is 0.264 e. The van der Waals surface area contributed by atoms with Crippen molar-refractivity contribution in [2.45, 2.75) is 74.9 Å². The molecule has 0 spiro atoms. The highest BCUT2D eigenvalue weighted by Crippen LogP contribution is 2.51. The van der Waals surface area contributed by atoms with Crippen LogP contribution in [0.4, 0.5) is 14.5 Å². The number of halogens is 3. The first kappa shape index (κ1) is 24.5. The van der Waals surface area contributed by atoms with E-state index in [1.165, 1.54) is 6.42 Å². The average molecular weight is 526 g/mol. The molecule has 1 aromatic heterocycles. The predicted molar refractivity (Wildman–Crippen MR) is 138 cm³/mol. The number of amides is 1. The summed E-state index contributed by atoms with van der Waals surface area (Å²) in [6.45, 7) is 2.74. The summed E-state index contributed by atoms with van der Waals surface area (Å²) in [5, 5.41) is 11.9. The number of benzene rings is 2. The van der Waals surface area contributed by atoms with Gasteiger partial charge in [0.25, 0.3) is 12.3 Å². The molecule has 0 atom stereocenters. The summed E-state index contributed by atoms with van der Waals surface area (Å²) in [4.78, 5) is 15.2. The summed E-state index contributed by atoms with van der Waals surface area (Å²) in [6.07, 6.45) is 3.76. The fraction of sp³-hybridized carbons (Fsp3) is 0.464. The van der Waals surface area contributed by atoms with E-state index in [2.05, 4.69) is 22.4 Å². The normalized spacial score (nSPS) is 24.2. The van der Waals surface area contributed by atoms with Crippen molar-refractivity contribution in [2.24, 2.45) is 7.05 Å². The second-order valence-corrected chi connectivity index (χ2v) is 11.7. The quantitative estimate of drug-likeness (QED) is 0.406. The number of hydrogen-bond acceptors (Lipinski definition) is 4. The van der Waals surface area contributed by atoms with E-state index in [9.17, 15) is 13.6 Å². The number of aromatic nitrogens is 3. The molecule has 3 aliphatic rings. The summed E-state index contributed by atoms with van der Waals surface area (Å²) in [6, 6.07) is 11.1. The number of carbonyl (C=O) groups excluding carboxylic acids is 1. The maximum atomic E-state index is 14.1. The van der Waals surface area contributed by atoms with E-state index >= 15 is 0 Å². The standard InChI is InChI=1S/C28H30ClF2N5O/c1-27(7-4-8-27)32-14-17-9-21(24(30)31)23-15-36(25(37)22(23)10-17)20-6-3-5-18(11-20)28(12-19(29)13-28)26-34-33-16-35(26)2/h3,5-6,9-11,16,19,24,32H,4,7-8,12-15H2,1-2H3/t19-,28-. The molecule has 3 aromatic rings. The second-order valence-electron chi connectivity index (χ2n) is 11.1. The molecule has 2 saturated carbocycles. The molecule has 37 heavy (non-hydrogen) atoms. The molecular weight excluding hydrogens is 496 g/mol. The van der Waals surface area contributed by atoms with E-state index < -0.39 is 11.8 Å². The number of rotatable bonds is 7. The molecule has 1 amide bonds. The van der Waals surface area contributed by atoms with Crippen LogP contribution in [0.15, 0.2) is 42.7 Å². The lowest BCUT2D eigenvalue weighted by molar-refractivity contribution is 0.0996. The third-order valence-electron chi connectivity index (χ3n) is 8.54. The second kappa shape index (κ2) is 8.88. The highest BCUT2D eigenvalue weighted by Gasteiger charge is 2.49. The number of hydrogen-bond donors (Lipinski definition) is 1. The highest BCUT2D eigenvalue weighted by atomic mass is 35.5. The third-order valence-corrected chi connectivity index (χ3v) is 8.85. The number of aryl methyl sites for hydroxylation is 1. The van der Waals surface area contributed by atoms with E-state index in [0.717, 1.165) is 29.8 Å². The first-order valence-electron chi connectivity index (χ1n) is 12.8. The van der Waals surface area contributed by atoms with Gasteiger partial charge in [-0.3, -0.25) is 4.79 Å². The zero-order chi connectivity index (χ0) is 25.9. The molecule has 6 nitrogen and oxygen atoms in total. The summed E-state index contributed by atoms with van der Waals surface area (Å²) in [5.41, 5.74) is 2.77. The molecule has 1 N–H and O–H groups in total. The van der Waals surface area contributed by atoms with Gasteiger partial charge in [-0.2, -0.15) is 0 Å². The zero-order valence-electron chi connectivity index (χ0n) is 21.0. The number of fused-ring (bicyclic) bond motifs is 1. The van der Waals surface area contributed by atoms with Crippen molar-refractivity contribution in [1.29, 1.82) is 0 Å². The van der Waals surface area contributed by atoms with Crippen molar-refractivity contribution in [1.82, 2.24) is 20.1 Å². The molecule has 2 aromatic carbocycles. The van der Waals surface area contributed by atoms with Crippen LogP contribution in [-0.2, 0) is 25.6 Å². The molecule has 0 saturated heterocycles. The Balaban J connectivity index is 1.32. The van der Waals surface area contributed by atoms with Crippen LogP contribution in [0.5, 0.6) is 0 Å². The fourth-order valence-electron chi connectivity index (χ4n) is 6.14. The van der Waals surface area contributed by atoms with Gasteiger partial charge in [-0.1, -0.05) is 12.1 Å². The summed E-state index contributed by atoms with van der Waals surface area (Å²) in [7, 11) is 1.91. The third kappa shape index (κ3) is 4.05. The van der Waals surface area contributed by atoms with Gasteiger partial charge in [-0.15, -0.1) is 21.8 Å². The molecule has 2 fully saturated rings. The van der Waals surface area contributed by atoms with E-state index in [1.807, 2.05) is 35.9 Å². The molecule has 6 rings (SSSR count). The van der Waals surface area contributed by atoms with Crippen LogP contribution < -0.4 is 10.2 Å². The summed E-state index contributed by atoms with van der Waals surface area (Å²) >= 11 is 6.43. The molecule has 2 aliphatic carbocycles. The Morgan fingerprint density at radius 3 is 2.62 bits per heavy atom. The Labute approximate surface area is 220 Å². The van der Waals surface area contributed by atoms with Crippen LogP contribution in [0.3, 0.4) is 0 Å². The van der Waals surface area contributed by atoms with Crippen molar-refractivity contribution >= 4 is 23.2 Å². The smallest absolute Gasteiger partial charge is 0.264 e. The number of carbonyl (C=O) groups is 1. The van der Waals surface area contributed by atoms with Crippen molar-refractivity contribution in [3.05, 3.63) is 76.4 Å². The molecule has 194 valence electrons. The Kier molecular flexibility index (Phi) is 5.88. The average Bonchev–Trinajstić information content (AvgIpc) is 3.42. The minimum absolute atomic E-state index is 0.0286. The lowest BCUT2D eigenvalue weighted by Gasteiger charge is -2.44. The van der Waals surface area contributed by atoms with Gasteiger partial charge < -0.3 is 14.8 Å². The van der Waals surface area contributed by atoms with E-state index in [1.54, 1.807) is 23.4 Å². The largest absolute Gasteiger partial charge is 0.320 e. The van der Waals surface area contributed by atoms with Crippen LogP contribution in [-0.4, -0.2) is 31.6 Å². The van der Waals surface area contributed by atoms with Crippen molar-refractivity contribution in [3.63, 3.8) is 0 Å².